The Hall–Kier alpha value is -0.700. The Morgan fingerprint density at radius 2 is 2.22 bits per heavy atom. The predicted molar refractivity (Wildman–Crippen MR) is 72.0 cm³/mol. The average Bonchev–Trinajstić information content (AvgIpc) is 2.85. The maximum atomic E-state index is 12.1. The van der Waals surface area contributed by atoms with Gasteiger partial charge in [0.25, 0.3) is 10.0 Å². The van der Waals surface area contributed by atoms with Gasteiger partial charge in [-0.1, -0.05) is 5.16 Å². The van der Waals surface area contributed by atoms with Gasteiger partial charge in [0.2, 0.25) is 0 Å². The van der Waals surface area contributed by atoms with Crippen LogP contribution in [0.25, 0.3) is 0 Å². The van der Waals surface area contributed by atoms with E-state index in [1.165, 1.54) is 11.3 Å². The zero-order valence-corrected chi connectivity index (χ0v) is 12.9. The van der Waals surface area contributed by atoms with Crippen LogP contribution in [0.5, 0.6) is 0 Å². The summed E-state index contributed by atoms with van der Waals surface area (Å²) in [5.41, 5.74) is 1.46. The summed E-state index contributed by atoms with van der Waals surface area (Å²) in [6.07, 6.45) is 0. The average molecular weight is 351 g/mol. The third-order valence-electron chi connectivity index (χ3n) is 2.45. The molecular weight excluding hydrogens is 340 g/mol. The number of aromatic nitrogens is 1. The Bertz CT molecular complexity index is 641. The van der Waals surface area contributed by atoms with Crippen LogP contribution in [0.1, 0.15) is 17.0 Å². The molecule has 2 heterocycles. The van der Waals surface area contributed by atoms with E-state index in [2.05, 4.69) is 25.8 Å². The fourth-order valence-electron chi connectivity index (χ4n) is 1.46. The maximum absolute atomic E-state index is 12.1. The van der Waals surface area contributed by atoms with E-state index in [1.807, 2.05) is 0 Å². The Morgan fingerprint density at radius 3 is 2.72 bits per heavy atom. The molecule has 0 fully saturated rings. The molecule has 0 amide bonds. The molecule has 2 rings (SSSR count). The molecule has 2 aromatic heterocycles. The number of rotatable bonds is 4. The molecule has 0 bridgehead atoms. The Morgan fingerprint density at radius 1 is 1.50 bits per heavy atom. The summed E-state index contributed by atoms with van der Waals surface area (Å²) in [5.74, 6) is 0.625. The van der Waals surface area contributed by atoms with Gasteiger partial charge in [-0.2, -0.15) is 0 Å². The molecule has 0 aliphatic carbocycles. The van der Waals surface area contributed by atoms with Crippen LogP contribution in [0.3, 0.4) is 0 Å². The highest BCUT2D eigenvalue weighted by Gasteiger charge is 2.20. The van der Waals surface area contributed by atoms with Crippen molar-refractivity contribution in [1.29, 1.82) is 0 Å². The van der Waals surface area contributed by atoms with E-state index in [0.29, 0.717) is 15.9 Å². The Labute approximate surface area is 117 Å². The fraction of sp³-hybridized carbons (Fsp3) is 0.300. The van der Waals surface area contributed by atoms with Crippen LogP contribution in [0, 0.1) is 13.8 Å². The van der Waals surface area contributed by atoms with Crippen molar-refractivity contribution in [3.05, 3.63) is 32.9 Å². The lowest BCUT2D eigenvalue weighted by Gasteiger charge is -2.05. The van der Waals surface area contributed by atoms with Crippen LogP contribution in [-0.2, 0) is 16.6 Å². The van der Waals surface area contributed by atoms with Gasteiger partial charge < -0.3 is 4.52 Å². The molecule has 0 saturated carbocycles. The molecule has 18 heavy (non-hydrogen) atoms. The van der Waals surface area contributed by atoms with Crippen LogP contribution in [-0.4, -0.2) is 13.6 Å². The number of aryl methyl sites for hydroxylation is 2. The molecule has 8 heteroatoms. The van der Waals surface area contributed by atoms with Crippen molar-refractivity contribution in [2.75, 3.05) is 0 Å². The molecule has 0 radical (unpaired) electrons. The quantitative estimate of drug-likeness (QED) is 0.919. The first-order valence-corrected chi connectivity index (χ1v) is 8.22. The topological polar surface area (TPSA) is 72.2 Å². The van der Waals surface area contributed by atoms with E-state index in [9.17, 15) is 8.42 Å². The van der Waals surface area contributed by atoms with Gasteiger partial charge in [-0.3, -0.25) is 0 Å². The van der Waals surface area contributed by atoms with E-state index in [0.717, 1.165) is 5.56 Å². The van der Waals surface area contributed by atoms with Crippen LogP contribution < -0.4 is 4.72 Å². The normalized spacial score (nSPS) is 11.9. The third kappa shape index (κ3) is 2.66. The largest absolute Gasteiger partial charge is 0.361 e. The second-order valence-electron chi connectivity index (χ2n) is 3.68. The van der Waals surface area contributed by atoms with E-state index in [1.54, 1.807) is 25.3 Å². The smallest absolute Gasteiger partial charge is 0.251 e. The Kier molecular flexibility index (Phi) is 3.90. The number of hydrogen-bond donors (Lipinski definition) is 1. The first-order valence-electron chi connectivity index (χ1n) is 5.06. The van der Waals surface area contributed by atoms with Gasteiger partial charge in [0.1, 0.15) is 9.97 Å². The van der Waals surface area contributed by atoms with E-state index in [-0.39, 0.29) is 10.8 Å². The second-order valence-corrected chi connectivity index (χ2v) is 7.42. The molecule has 0 aromatic carbocycles. The highest BCUT2D eigenvalue weighted by Crippen LogP contribution is 2.27. The minimum Gasteiger partial charge on any atom is -0.361 e. The monoisotopic (exact) mass is 350 g/mol. The van der Waals surface area contributed by atoms with Crippen molar-refractivity contribution in [2.24, 2.45) is 0 Å². The standard InChI is InChI=1S/C10H11BrN2O3S2/c1-6-8(7(2)16-13-6)5-12-18(14,15)10-9(11)3-4-17-10/h3-4,12H,5H2,1-2H3. The molecule has 2 aromatic rings. The molecule has 0 spiro atoms. The number of hydrogen-bond acceptors (Lipinski definition) is 5. The number of thiophene rings is 1. The van der Waals surface area contributed by atoms with Crippen LogP contribution >= 0.6 is 27.3 Å². The van der Waals surface area contributed by atoms with Gasteiger partial charge in [0.05, 0.1) is 5.69 Å². The molecular formula is C10H11BrN2O3S2. The van der Waals surface area contributed by atoms with Crippen molar-refractivity contribution in [3.63, 3.8) is 0 Å². The third-order valence-corrected chi connectivity index (χ3v) is 6.52. The molecule has 98 valence electrons. The lowest BCUT2D eigenvalue weighted by molar-refractivity contribution is 0.392. The van der Waals surface area contributed by atoms with E-state index < -0.39 is 10.0 Å². The van der Waals surface area contributed by atoms with Gasteiger partial charge in [0.15, 0.2) is 0 Å². The molecule has 0 atom stereocenters. The predicted octanol–water partition coefficient (Wildman–Crippen LogP) is 2.59. The van der Waals surface area contributed by atoms with Crippen LogP contribution in [0.4, 0.5) is 0 Å². The Balaban J connectivity index is 2.19. The zero-order valence-electron chi connectivity index (χ0n) is 9.73. The maximum Gasteiger partial charge on any atom is 0.251 e. The van der Waals surface area contributed by atoms with Gasteiger partial charge in [-0.05, 0) is 41.2 Å². The lowest BCUT2D eigenvalue weighted by Crippen LogP contribution is -2.23. The van der Waals surface area contributed by atoms with Crippen LogP contribution in [0.2, 0.25) is 0 Å². The van der Waals surface area contributed by atoms with E-state index in [4.69, 9.17) is 4.52 Å². The number of nitrogens with one attached hydrogen (secondary N) is 1. The van der Waals surface area contributed by atoms with E-state index >= 15 is 0 Å². The minimum absolute atomic E-state index is 0.174. The van der Waals surface area contributed by atoms with Crippen molar-refractivity contribution in [1.82, 2.24) is 9.88 Å². The lowest BCUT2D eigenvalue weighted by atomic mass is 10.2. The summed E-state index contributed by atoms with van der Waals surface area (Å²) in [6.45, 7) is 3.71. The molecule has 0 aliphatic heterocycles. The first-order chi connectivity index (χ1) is 8.42. The molecule has 1 N–H and O–H groups in total. The molecule has 0 unspecified atom stereocenters. The summed E-state index contributed by atoms with van der Waals surface area (Å²) >= 11 is 4.38. The minimum atomic E-state index is -3.51. The number of halogens is 1. The molecule has 0 aliphatic rings. The summed E-state index contributed by atoms with van der Waals surface area (Å²) in [7, 11) is -3.51. The highest BCUT2D eigenvalue weighted by atomic mass is 79.9. The van der Waals surface area contributed by atoms with Crippen molar-refractivity contribution in [3.8, 4) is 0 Å². The van der Waals surface area contributed by atoms with Gasteiger partial charge >= 0.3 is 0 Å². The van der Waals surface area contributed by atoms with Gasteiger partial charge in [-0.25, -0.2) is 13.1 Å². The fourth-order valence-corrected chi connectivity index (χ4v) is 4.83. The van der Waals surface area contributed by atoms with Gasteiger partial charge in [-0.15, -0.1) is 11.3 Å². The summed E-state index contributed by atoms with van der Waals surface area (Å²) < 4.78 is 32.5. The van der Waals surface area contributed by atoms with Crippen molar-refractivity contribution < 1.29 is 12.9 Å². The van der Waals surface area contributed by atoms with Crippen molar-refractivity contribution in [2.45, 2.75) is 24.6 Å². The highest BCUT2D eigenvalue weighted by molar-refractivity contribution is 9.10. The number of sulfonamides is 1. The second kappa shape index (κ2) is 5.12. The van der Waals surface area contributed by atoms with Crippen LogP contribution in [0.15, 0.2) is 24.7 Å². The zero-order chi connectivity index (χ0) is 13.3. The molecule has 5 nitrogen and oxygen atoms in total. The summed E-state index contributed by atoms with van der Waals surface area (Å²) in [6, 6.07) is 1.70. The SMILES string of the molecule is Cc1noc(C)c1CNS(=O)(=O)c1sccc1Br. The summed E-state index contributed by atoms with van der Waals surface area (Å²) in [5, 5.41) is 5.50. The van der Waals surface area contributed by atoms with Crippen molar-refractivity contribution >= 4 is 37.3 Å². The molecule has 0 saturated heterocycles. The summed E-state index contributed by atoms with van der Waals surface area (Å²) in [4.78, 5) is 0. The first kappa shape index (κ1) is 13.7. The number of nitrogens with zero attached hydrogens (tertiary/aromatic N) is 1. The van der Waals surface area contributed by atoms with Gasteiger partial charge in [0, 0.05) is 16.6 Å².